The van der Waals surface area contributed by atoms with Crippen LogP contribution >= 0.6 is 0 Å². The third kappa shape index (κ3) is 3.75. The van der Waals surface area contributed by atoms with Gasteiger partial charge in [-0.3, -0.25) is 4.79 Å². The molecule has 4 nitrogen and oxygen atoms in total. The fourth-order valence-corrected chi connectivity index (χ4v) is 3.82. The van der Waals surface area contributed by atoms with Gasteiger partial charge in [-0.15, -0.1) is 0 Å². The molecule has 3 atom stereocenters. The second-order valence-electron chi connectivity index (χ2n) is 7.27. The number of fused-ring (bicyclic) bond motifs is 1. The Morgan fingerprint density at radius 3 is 2.83 bits per heavy atom. The SMILES string of the molecule is O=C(NC1CC1)[C@H]1C[C@@H]2CCN(CCc3ccccc3)C[C@H]2O1. The number of benzene rings is 1. The van der Waals surface area contributed by atoms with Crippen LogP contribution in [0.5, 0.6) is 0 Å². The first-order chi connectivity index (χ1) is 11.3. The number of carbonyl (C=O) groups excluding carboxylic acids is 1. The molecule has 1 amide bonds. The Morgan fingerprint density at radius 2 is 2.04 bits per heavy atom. The van der Waals surface area contributed by atoms with E-state index in [9.17, 15) is 4.79 Å². The Hall–Kier alpha value is -1.39. The first kappa shape index (κ1) is 15.2. The number of nitrogens with one attached hydrogen (secondary N) is 1. The fourth-order valence-electron chi connectivity index (χ4n) is 3.82. The van der Waals surface area contributed by atoms with Crippen LogP contribution in [0.2, 0.25) is 0 Å². The van der Waals surface area contributed by atoms with Crippen molar-refractivity contribution in [2.24, 2.45) is 5.92 Å². The average molecular weight is 314 g/mol. The second kappa shape index (κ2) is 6.62. The van der Waals surface area contributed by atoms with Crippen molar-refractivity contribution >= 4 is 5.91 Å². The molecule has 23 heavy (non-hydrogen) atoms. The highest BCUT2D eigenvalue weighted by Gasteiger charge is 2.42. The van der Waals surface area contributed by atoms with E-state index in [1.54, 1.807) is 0 Å². The van der Waals surface area contributed by atoms with E-state index in [2.05, 4.69) is 40.5 Å². The summed E-state index contributed by atoms with van der Waals surface area (Å²) >= 11 is 0. The maximum Gasteiger partial charge on any atom is 0.249 e. The van der Waals surface area contributed by atoms with Crippen LogP contribution in [-0.4, -0.2) is 48.7 Å². The third-order valence-electron chi connectivity index (χ3n) is 5.41. The van der Waals surface area contributed by atoms with E-state index < -0.39 is 0 Å². The summed E-state index contributed by atoms with van der Waals surface area (Å²) in [6.45, 7) is 3.19. The topological polar surface area (TPSA) is 41.6 Å². The Bertz CT molecular complexity index is 544. The number of ether oxygens (including phenoxy) is 1. The van der Waals surface area contributed by atoms with E-state index in [1.807, 2.05) is 0 Å². The molecule has 1 aromatic carbocycles. The van der Waals surface area contributed by atoms with Crippen molar-refractivity contribution in [2.75, 3.05) is 19.6 Å². The lowest BCUT2D eigenvalue weighted by Crippen LogP contribution is -2.43. The molecule has 3 fully saturated rings. The molecule has 0 bridgehead atoms. The van der Waals surface area contributed by atoms with Crippen LogP contribution in [-0.2, 0) is 16.0 Å². The molecule has 2 saturated heterocycles. The maximum atomic E-state index is 12.2. The molecule has 4 heteroatoms. The van der Waals surface area contributed by atoms with Gasteiger partial charge in [0, 0.05) is 19.1 Å². The van der Waals surface area contributed by atoms with Crippen molar-refractivity contribution in [2.45, 2.75) is 50.4 Å². The molecule has 0 unspecified atom stereocenters. The molecule has 3 aliphatic rings. The lowest BCUT2D eigenvalue weighted by Gasteiger charge is -2.34. The summed E-state index contributed by atoms with van der Waals surface area (Å²) < 4.78 is 6.08. The number of hydrogen-bond donors (Lipinski definition) is 1. The van der Waals surface area contributed by atoms with E-state index >= 15 is 0 Å². The Kier molecular flexibility index (Phi) is 4.36. The maximum absolute atomic E-state index is 12.2. The summed E-state index contributed by atoms with van der Waals surface area (Å²) in [7, 11) is 0. The van der Waals surface area contributed by atoms with Crippen LogP contribution in [0.3, 0.4) is 0 Å². The molecule has 0 aromatic heterocycles. The van der Waals surface area contributed by atoms with Gasteiger partial charge in [-0.1, -0.05) is 30.3 Å². The number of carbonyl (C=O) groups is 1. The lowest BCUT2D eigenvalue weighted by atomic mass is 9.91. The highest BCUT2D eigenvalue weighted by Crippen LogP contribution is 2.33. The molecule has 1 aliphatic carbocycles. The number of amides is 1. The van der Waals surface area contributed by atoms with Crippen molar-refractivity contribution in [3.05, 3.63) is 35.9 Å². The van der Waals surface area contributed by atoms with Crippen molar-refractivity contribution < 1.29 is 9.53 Å². The van der Waals surface area contributed by atoms with Gasteiger partial charge in [0.1, 0.15) is 6.10 Å². The van der Waals surface area contributed by atoms with Gasteiger partial charge in [-0.2, -0.15) is 0 Å². The monoisotopic (exact) mass is 314 g/mol. The predicted octanol–water partition coefficient (Wildman–Crippen LogP) is 1.99. The summed E-state index contributed by atoms with van der Waals surface area (Å²) in [4.78, 5) is 14.7. The molecule has 1 aromatic rings. The molecule has 124 valence electrons. The minimum absolute atomic E-state index is 0.123. The van der Waals surface area contributed by atoms with Crippen LogP contribution in [0.1, 0.15) is 31.2 Å². The zero-order valence-corrected chi connectivity index (χ0v) is 13.6. The fraction of sp³-hybridized carbons (Fsp3) is 0.632. The molecule has 1 saturated carbocycles. The molecular formula is C19H26N2O2. The molecule has 2 aliphatic heterocycles. The number of piperidine rings is 1. The molecule has 0 radical (unpaired) electrons. The summed E-state index contributed by atoms with van der Waals surface area (Å²) in [6.07, 6.45) is 5.47. The predicted molar refractivity (Wildman–Crippen MR) is 89.1 cm³/mol. The van der Waals surface area contributed by atoms with Crippen LogP contribution in [0, 0.1) is 5.92 Å². The van der Waals surface area contributed by atoms with Gasteiger partial charge in [0.05, 0.1) is 6.10 Å². The van der Waals surface area contributed by atoms with Gasteiger partial charge in [-0.05, 0) is 50.1 Å². The van der Waals surface area contributed by atoms with Crippen LogP contribution in [0.25, 0.3) is 0 Å². The van der Waals surface area contributed by atoms with Crippen molar-refractivity contribution in [1.82, 2.24) is 10.2 Å². The second-order valence-corrected chi connectivity index (χ2v) is 7.27. The lowest BCUT2D eigenvalue weighted by molar-refractivity contribution is -0.133. The number of hydrogen-bond acceptors (Lipinski definition) is 3. The smallest absolute Gasteiger partial charge is 0.249 e. The minimum Gasteiger partial charge on any atom is -0.364 e. The van der Waals surface area contributed by atoms with Crippen LogP contribution < -0.4 is 5.32 Å². The van der Waals surface area contributed by atoms with Gasteiger partial charge >= 0.3 is 0 Å². The first-order valence-electron chi connectivity index (χ1n) is 9.00. The molecule has 2 heterocycles. The van der Waals surface area contributed by atoms with Gasteiger partial charge in [-0.25, -0.2) is 0 Å². The highest BCUT2D eigenvalue weighted by atomic mass is 16.5. The normalized spacial score (nSPS) is 30.9. The van der Waals surface area contributed by atoms with E-state index in [1.165, 1.54) is 5.56 Å². The Morgan fingerprint density at radius 1 is 1.22 bits per heavy atom. The highest BCUT2D eigenvalue weighted by molar-refractivity contribution is 5.81. The summed E-state index contributed by atoms with van der Waals surface area (Å²) in [5.41, 5.74) is 1.39. The molecular weight excluding hydrogens is 288 g/mol. The molecule has 0 spiro atoms. The third-order valence-corrected chi connectivity index (χ3v) is 5.41. The van der Waals surface area contributed by atoms with Crippen molar-refractivity contribution in [1.29, 1.82) is 0 Å². The van der Waals surface area contributed by atoms with E-state index in [0.29, 0.717) is 12.0 Å². The summed E-state index contributed by atoms with van der Waals surface area (Å²) in [6, 6.07) is 11.1. The summed E-state index contributed by atoms with van der Waals surface area (Å²) in [5, 5.41) is 3.09. The number of likely N-dealkylation sites (tertiary alicyclic amines) is 1. The number of rotatable bonds is 5. The molecule has 4 rings (SSSR count). The quantitative estimate of drug-likeness (QED) is 0.904. The Labute approximate surface area is 138 Å². The van der Waals surface area contributed by atoms with Crippen LogP contribution in [0.15, 0.2) is 30.3 Å². The Balaban J connectivity index is 1.26. The van der Waals surface area contributed by atoms with Crippen molar-refractivity contribution in [3.63, 3.8) is 0 Å². The minimum atomic E-state index is -0.209. The first-order valence-corrected chi connectivity index (χ1v) is 9.00. The van der Waals surface area contributed by atoms with Gasteiger partial charge < -0.3 is 15.0 Å². The van der Waals surface area contributed by atoms with Gasteiger partial charge in [0.2, 0.25) is 5.91 Å². The van der Waals surface area contributed by atoms with Crippen molar-refractivity contribution in [3.8, 4) is 0 Å². The number of nitrogens with zero attached hydrogens (tertiary/aromatic N) is 1. The average Bonchev–Trinajstić information content (AvgIpc) is 3.29. The molecule has 1 N–H and O–H groups in total. The van der Waals surface area contributed by atoms with Gasteiger partial charge in [0.25, 0.3) is 0 Å². The van der Waals surface area contributed by atoms with E-state index in [4.69, 9.17) is 4.74 Å². The largest absolute Gasteiger partial charge is 0.364 e. The zero-order valence-electron chi connectivity index (χ0n) is 13.6. The van der Waals surface area contributed by atoms with E-state index in [-0.39, 0.29) is 18.1 Å². The zero-order chi connectivity index (χ0) is 15.6. The van der Waals surface area contributed by atoms with Gasteiger partial charge in [0.15, 0.2) is 0 Å². The summed E-state index contributed by atoms with van der Waals surface area (Å²) in [5.74, 6) is 0.690. The van der Waals surface area contributed by atoms with E-state index in [0.717, 1.165) is 51.7 Å². The standard InChI is InChI=1S/C19H26N2O2/c22-19(20-16-6-7-16)17-12-15-9-11-21(13-18(15)23-17)10-8-14-4-2-1-3-5-14/h1-5,15-18H,6-13H2,(H,20,22)/t15-,17+,18+/m0/s1. The van der Waals surface area contributed by atoms with Crippen LogP contribution in [0.4, 0.5) is 0 Å².